The number of Topliss-reactive ketones (excluding diaryl/α,β-unsaturated/α-hetero) is 1. The van der Waals surface area contributed by atoms with Crippen LogP contribution in [0.5, 0.6) is 0 Å². The van der Waals surface area contributed by atoms with Crippen LogP contribution >= 0.6 is 0 Å². The SMILES string of the molecule is CC(=O)c1ccccc1C(=O)NN. The minimum atomic E-state index is -0.453. The Bertz CT molecular complexity index is 347. The van der Waals surface area contributed by atoms with E-state index in [1.165, 1.54) is 6.92 Å². The second-order valence-corrected chi connectivity index (χ2v) is 2.58. The highest BCUT2D eigenvalue weighted by molar-refractivity contribution is 6.06. The maximum Gasteiger partial charge on any atom is 0.265 e. The topological polar surface area (TPSA) is 72.2 Å². The third kappa shape index (κ3) is 1.91. The van der Waals surface area contributed by atoms with Crippen molar-refractivity contribution in [3.8, 4) is 0 Å². The van der Waals surface area contributed by atoms with Crippen LogP contribution in [-0.2, 0) is 0 Å². The highest BCUT2D eigenvalue weighted by Gasteiger charge is 2.11. The number of hydrogen-bond donors (Lipinski definition) is 2. The molecule has 1 aromatic carbocycles. The number of hydrogen-bond acceptors (Lipinski definition) is 3. The Kier molecular flexibility index (Phi) is 2.76. The molecule has 4 heteroatoms. The highest BCUT2D eigenvalue weighted by atomic mass is 16.2. The molecule has 3 N–H and O–H groups in total. The van der Waals surface area contributed by atoms with Gasteiger partial charge in [0.05, 0.1) is 5.56 Å². The van der Waals surface area contributed by atoms with Crippen molar-refractivity contribution >= 4 is 11.7 Å². The van der Waals surface area contributed by atoms with E-state index >= 15 is 0 Å². The summed E-state index contributed by atoms with van der Waals surface area (Å²) >= 11 is 0. The first-order valence-corrected chi connectivity index (χ1v) is 3.77. The van der Waals surface area contributed by atoms with E-state index in [2.05, 4.69) is 0 Å². The number of hydrazine groups is 1. The Morgan fingerprint density at radius 3 is 2.23 bits per heavy atom. The van der Waals surface area contributed by atoms with E-state index in [1.807, 2.05) is 5.43 Å². The summed E-state index contributed by atoms with van der Waals surface area (Å²) in [7, 11) is 0. The molecule has 0 bridgehead atoms. The Balaban J connectivity index is 3.19. The van der Waals surface area contributed by atoms with E-state index in [4.69, 9.17) is 5.84 Å². The fourth-order valence-corrected chi connectivity index (χ4v) is 1.07. The molecule has 0 fully saturated rings. The minimum Gasteiger partial charge on any atom is -0.294 e. The number of rotatable bonds is 2. The van der Waals surface area contributed by atoms with Crippen molar-refractivity contribution < 1.29 is 9.59 Å². The molecule has 0 aliphatic rings. The summed E-state index contributed by atoms with van der Waals surface area (Å²) in [5.41, 5.74) is 2.67. The van der Waals surface area contributed by atoms with E-state index in [-0.39, 0.29) is 5.78 Å². The zero-order valence-electron chi connectivity index (χ0n) is 7.20. The van der Waals surface area contributed by atoms with Crippen LogP contribution in [0.15, 0.2) is 24.3 Å². The van der Waals surface area contributed by atoms with Gasteiger partial charge in [-0.15, -0.1) is 0 Å². The molecule has 0 spiro atoms. The van der Waals surface area contributed by atoms with Crippen LogP contribution in [0.2, 0.25) is 0 Å². The smallest absolute Gasteiger partial charge is 0.265 e. The number of nitrogens with one attached hydrogen (secondary N) is 1. The average molecular weight is 178 g/mol. The monoisotopic (exact) mass is 178 g/mol. The van der Waals surface area contributed by atoms with Crippen LogP contribution < -0.4 is 11.3 Å². The van der Waals surface area contributed by atoms with Crippen molar-refractivity contribution in [3.63, 3.8) is 0 Å². The predicted molar refractivity (Wildman–Crippen MR) is 48.1 cm³/mol. The van der Waals surface area contributed by atoms with Crippen molar-refractivity contribution in [1.82, 2.24) is 5.43 Å². The van der Waals surface area contributed by atoms with Gasteiger partial charge in [-0.05, 0) is 13.0 Å². The second kappa shape index (κ2) is 3.82. The largest absolute Gasteiger partial charge is 0.294 e. The second-order valence-electron chi connectivity index (χ2n) is 2.58. The normalized spacial score (nSPS) is 9.38. The Hall–Kier alpha value is -1.68. The number of carbonyl (C=O) groups excluding carboxylic acids is 2. The van der Waals surface area contributed by atoms with Gasteiger partial charge in [-0.1, -0.05) is 18.2 Å². The van der Waals surface area contributed by atoms with Crippen molar-refractivity contribution in [2.75, 3.05) is 0 Å². The maximum absolute atomic E-state index is 11.2. The van der Waals surface area contributed by atoms with E-state index < -0.39 is 5.91 Å². The van der Waals surface area contributed by atoms with Crippen LogP contribution in [0, 0.1) is 0 Å². The van der Waals surface area contributed by atoms with Crippen molar-refractivity contribution in [2.45, 2.75) is 6.92 Å². The van der Waals surface area contributed by atoms with Crippen LogP contribution in [0.1, 0.15) is 27.6 Å². The highest BCUT2D eigenvalue weighted by Crippen LogP contribution is 2.08. The van der Waals surface area contributed by atoms with Crippen molar-refractivity contribution in [3.05, 3.63) is 35.4 Å². The molecule has 0 unspecified atom stereocenters. The molecule has 0 saturated heterocycles. The lowest BCUT2D eigenvalue weighted by Gasteiger charge is -2.03. The molecule has 13 heavy (non-hydrogen) atoms. The molecule has 0 atom stereocenters. The molecule has 1 rings (SSSR count). The van der Waals surface area contributed by atoms with Gasteiger partial charge in [-0.25, -0.2) is 5.84 Å². The molecular weight excluding hydrogens is 168 g/mol. The van der Waals surface area contributed by atoms with Gasteiger partial charge < -0.3 is 0 Å². The van der Waals surface area contributed by atoms with E-state index in [1.54, 1.807) is 24.3 Å². The van der Waals surface area contributed by atoms with Gasteiger partial charge in [0.25, 0.3) is 5.91 Å². The summed E-state index contributed by atoms with van der Waals surface area (Å²) in [6.07, 6.45) is 0. The Morgan fingerprint density at radius 1 is 1.23 bits per heavy atom. The number of benzene rings is 1. The number of carbonyl (C=O) groups is 2. The molecule has 68 valence electrons. The van der Waals surface area contributed by atoms with Gasteiger partial charge in [-0.3, -0.25) is 15.0 Å². The standard InChI is InChI=1S/C9H10N2O2/c1-6(12)7-4-2-3-5-8(7)9(13)11-10/h2-5H,10H2,1H3,(H,11,13). The van der Waals surface area contributed by atoms with E-state index in [9.17, 15) is 9.59 Å². The lowest BCUT2D eigenvalue weighted by atomic mass is 10.0. The quantitative estimate of drug-likeness (QED) is 0.299. The molecule has 1 amide bonds. The first kappa shape index (κ1) is 9.41. The lowest BCUT2D eigenvalue weighted by molar-refractivity contribution is 0.0939. The number of amides is 1. The van der Waals surface area contributed by atoms with E-state index in [0.717, 1.165) is 0 Å². The van der Waals surface area contributed by atoms with E-state index in [0.29, 0.717) is 11.1 Å². The average Bonchev–Trinajstić information content (AvgIpc) is 2.16. The summed E-state index contributed by atoms with van der Waals surface area (Å²) in [6, 6.07) is 6.52. The molecule has 0 heterocycles. The third-order valence-electron chi connectivity index (χ3n) is 1.68. The lowest BCUT2D eigenvalue weighted by Crippen LogP contribution is -2.31. The number of ketones is 1. The van der Waals surface area contributed by atoms with Gasteiger partial charge in [0.1, 0.15) is 0 Å². The van der Waals surface area contributed by atoms with Crippen molar-refractivity contribution in [1.29, 1.82) is 0 Å². The van der Waals surface area contributed by atoms with Crippen LogP contribution in [0.25, 0.3) is 0 Å². The molecule has 1 aromatic rings. The molecule has 0 saturated carbocycles. The van der Waals surface area contributed by atoms with Crippen LogP contribution in [0.4, 0.5) is 0 Å². The fourth-order valence-electron chi connectivity index (χ4n) is 1.07. The van der Waals surface area contributed by atoms with Crippen LogP contribution in [0.3, 0.4) is 0 Å². The number of nitrogen functional groups attached to an aromatic ring is 1. The fraction of sp³-hybridized carbons (Fsp3) is 0.111. The Labute approximate surface area is 75.7 Å². The molecular formula is C9H10N2O2. The molecule has 0 aliphatic carbocycles. The van der Waals surface area contributed by atoms with Crippen molar-refractivity contribution in [2.24, 2.45) is 5.84 Å². The first-order chi connectivity index (χ1) is 6.16. The van der Waals surface area contributed by atoms with Gasteiger partial charge in [-0.2, -0.15) is 0 Å². The first-order valence-electron chi connectivity index (χ1n) is 3.77. The molecule has 0 radical (unpaired) electrons. The maximum atomic E-state index is 11.2. The minimum absolute atomic E-state index is 0.154. The van der Waals surface area contributed by atoms with Gasteiger partial charge >= 0.3 is 0 Å². The summed E-state index contributed by atoms with van der Waals surface area (Å²) in [5, 5.41) is 0. The molecule has 0 aromatic heterocycles. The predicted octanol–water partition coefficient (Wildman–Crippen LogP) is 0.493. The summed E-state index contributed by atoms with van der Waals surface area (Å²) in [4.78, 5) is 22.2. The summed E-state index contributed by atoms with van der Waals surface area (Å²) < 4.78 is 0. The Morgan fingerprint density at radius 2 is 1.77 bits per heavy atom. The summed E-state index contributed by atoms with van der Waals surface area (Å²) in [5.74, 6) is 4.36. The summed E-state index contributed by atoms with van der Waals surface area (Å²) in [6.45, 7) is 1.41. The van der Waals surface area contributed by atoms with Gasteiger partial charge in [0.15, 0.2) is 5.78 Å². The number of nitrogens with two attached hydrogens (primary N) is 1. The van der Waals surface area contributed by atoms with Crippen LogP contribution in [-0.4, -0.2) is 11.7 Å². The molecule has 4 nitrogen and oxygen atoms in total. The molecule has 0 aliphatic heterocycles. The van der Waals surface area contributed by atoms with Gasteiger partial charge in [0, 0.05) is 5.56 Å². The van der Waals surface area contributed by atoms with Gasteiger partial charge in [0.2, 0.25) is 0 Å². The zero-order valence-corrected chi connectivity index (χ0v) is 7.20. The third-order valence-corrected chi connectivity index (χ3v) is 1.68. The zero-order chi connectivity index (χ0) is 9.84.